The smallest absolute Gasteiger partial charge is 0.166 e. The van der Waals surface area contributed by atoms with Gasteiger partial charge in [0, 0.05) is 12.1 Å². The minimum atomic E-state index is 0.698. The van der Waals surface area contributed by atoms with Gasteiger partial charge in [-0.3, -0.25) is 0 Å². The van der Waals surface area contributed by atoms with Crippen LogP contribution in [0.25, 0.3) is 11.0 Å². The van der Waals surface area contributed by atoms with E-state index in [0.717, 1.165) is 16.2 Å². The summed E-state index contributed by atoms with van der Waals surface area (Å²) in [7, 11) is 3.24. The van der Waals surface area contributed by atoms with E-state index in [9.17, 15) is 0 Å². The van der Waals surface area contributed by atoms with Crippen LogP contribution >= 0.6 is 11.8 Å². The van der Waals surface area contributed by atoms with Crippen LogP contribution in [0.15, 0.2) is 17.3 Å². The summed E-state index contributed by atoms with van der Waals surface area (Å²) in [5.74, 6) is 1.41. The molecule has 0 bridgehead atoms. The van der Waals surface area contributed by atoms with Crippen LogP contribution in [0.3, 0.4) is 0 Å². The molecule has 1 N–H and O–H groups in total. The first kappa shape index (κ1) is 10.2. The summed E-state index contributed by atoms with van der Waals surface area (Å²) in [6, 6.07) is 3.76. The number of H-pyrrole nitrogens is 1. The Balaban J connectivity index is 2.61. The molecule has 1 aromatic carbocycles. The molecule has 1 heterocycles. The highest BCUT2D eigenvalue weighted by atomic mass is 32.2. The highest BCUT2D eigenvalue weighted by Crippen LogP contribution is 2.31. The summed E-state index contributed by atoms with van der Waals surface area (Å²) in [5.41, 5.74) is 1.84. The molecule has 2 aromatic rings. The average Bonchev–Trinajstić information content (AvgIpc) is 2.68. The number of fused-ring (bicyclic) bond motifs is 1. The Morgan fingerprint density at radius 2 is 1.87 bits per heavy atom. The first-order chi connectivity index (χ1) is 7.28. The van der Waals surface area contributed by atoms with Gasteiger partial charge in [0.05, 0.1) is 25.3 Å². The summed E-state index contributed by atoms with van der Waals surface area (Å²) < 4.78 is 10.4. The first-order valence-electron chi connectivity index (χ1n) is 4.44. The van der Waals surface area contributed by atoms with Crippen molar-refractivity contribution in [2.24, 2.45) is 0 Å². The quantitative estimate of drug-likeness (QED) is 0.813. The Morgan fingerprint density at radius 3 is 2.47 bits per heavy atom. The highest BCUT2D eigenvalue weighted by Gasteiger charge is 2.09. The number of thioether (sulfide) groups is 1. The zero-order valence-corrected chi connectivity index (χ0v) is 9.64. The molecule has 0 radical (unpaired) electrons. The molecule has 0 amide bonds. The van der Waals surface area contributed by atoms with Gasteiger partial charge in [0.15, 0.2) is 16.7 Å². The van der Waals surface area contributed by atoms with Gasteiger partial charge in [0.25, 0.3) is 0 Å². The molecule has 2 rings (SSSR count). The third-order valence-corrected chi connectivity index (χ3v) is 2.74. The Labute approximate surface area is 92.0 Å². The van der Waals surface area contributed by atoms with Gasteiger partial charge in [-0.05, 0) is 6.26 Å². The van der Waals surface area contributed by atoms with Gasteiger partial charge in [-0.1, -0.05) is 11.8 Å². The maximum atomic E-state index is 5.21. The predicted molar refractivity (Wildman–Crippen MR) is 61.0 cm³/mol. The third kappa shape index (κ3) is 1.74. The zero-order chi connectivity index (χ0) is 10.8. The second-order valence-electron chi connectivity index (χ2n) is 2.97. The number of nitrogens with one attached hydrogen (secondary N) is 1. The number of ether oxygens (including phenoxy) is 2. The molecule has 0 aliphatic heterocycles. The number of imidazole rings is 1. The van der Waals surface area contributed by atoms with E-state index in [1.165, 1.54) is 0 Å². The van der Waals surface area contributed by atoms with Crippen LogP contribution in [0.2, 0.25) is 0 Å². The Bertz CT molecular complexity index is 440. The zero-order valence-electron chi connectivity index (χ0n) is 8.83. The molecule has 4 nitrogen and oxygen atoms in total. The van der Waals surface area contributed by atoms with Gasteiger partial charge < -0.3 is 14.5 Å². The number of aromatic nitrogens is 2. The number of nitrogens with zero attached hydrogens (tertiary/aromatic N) is 1. The number of rotatable bonds is 3. The van der Waals surface area contributed by atoms with Gasteiger partial charge in [0.2, 0.25) is 0 Å². The van der Waals surface area contributed by atoms with Crippen molar-refractivity contribution in [3.05, 3.63) is 12.1 Å². The van der Waals surface area contributed by atoms with Crippen LogP contribution in [-0.2, 0) is 0 Å². The fourth-order valence-electron chi connectivity index (χ4n) is 1.41. The Kier molecular flexibility index (Phi) is 2.73. The summed E-state index contributed by atoms with van der Waals surface area (Å²) in [4.78, 5) is 7.57. The third-order valence-electron chi connectivity index (χ3n) is 2.16. The minimum Gasteiger partial charge on any atom is -0.493 e. The van der Waals surface area contributed by atoms with E-state index >= 15 is 0 Å². The number of hydrogen-bond acceptors (Lipinski definition) is 4. The molecule has 15 heavy (non-hydrogen) atoms. The number of hydrogen-bond donors (Lipinski definition) is 1. The molecule has 0 unspecified atom stereocenters. The van der Waals surface area contributed by atoms with E-state index in [0.29, 0.717) is 11.5 Å². The maximum Gasteiger partial charge on any atom is 0.166 e. The molecule has 5 heteroatoms. The molecule has 0 fully saturated rings. The van der Waals surface area contributed by atoms with Gasteiger partial charge in [-0.25, -0.2) is 4.98 Å². The van der Waals surface area contributed by atoms with E-state index < -0.39 is 0 Å². The lowest BCUT2D eigenvalue weighted by Gasteiger charge is -2.06. The lowest BCUT2D eigenvalue weighted by Crippen LogP contribution is -1.89. The normalized spacial score (nSPS) is 10.6. The molecule has 0 saturated carbocycles. The maximum absolute atomic E-state index is 5.21. The average molecular weight is 224 g/mol. The highest BCUT2D eigenvalue weighted by molar-refractivity contribution is 7.98. The summed E-state index contributed by atoms with van der Waals surface area (Å²) >= 11 is 1.57. The molecule has 0 aliphatic rings. The largest absolute Gasteiger partial charge is 0.493 e. The molecule has 0 aliphatic carbocycles. The lowest BCUT2D eigenvalue weighted by atomic mass is 10.3. The fourth-order valence-corrected chi connectivity index (χ4v) is 1.81. The summed E-state index contributed by atoms with van der Waals surface area (Å²) in [5, 5.41) is 0.889. The van der Waals surface area contributed by atoms with Crippen molar-refractivity contribution in [1.82, 2.24) is 9.97 Å². The molecule has 80 valence electrons. The van der Waals surface area contributed by atoms with Crippen molar-refractivity contribution in [2.45, 2.75) is 5.16 Å². The van der Waals surface area contributed by atoms with Gasteiger partial charge in [-0.15, -0.1) is 0 Å². The van der Waals surface area contributed by atoms with Crippen molar-refractivity contribution < 1.29 is 9.47 Å². The molecule has 0 atom stereocenters. The second kappa shape index (κ2) is 4.02. The van der Waals surface area contributed by atoms with E-state index in [1.54, 1.807) is 26.0 Å². The molecular formula is C10H12N2O2S. The van der Waals surface area contributed by atoms with Crippen LogP contribution in [-0.4, -0.2) is 30.4 Å². The summed E-state index contributed by atoms with van der Waals surface area (Å²) in [6.45, 7) is 0. The fraction of sp³-hybridized carbons (Fsp3) is 0.300. The monoisotopic (exact) mass is 224 g/mol. The van der Waals surface area contributed by atoms with Crippen molar-refractivity contribution in [3.8, 4) is 11.5 Å². The van der Waals surface area contributed by atoms with Crippen molar-refractivity contribution in [3.63, 3.8) is 0 Å². The van der Waals surface area contributed by atoms with E-state index in [1.807, 2.05) is 18.4 Å². The summed E-state index contributed by atoms with van der Waals surface area (Å²) in [6.07, 6.45) is 1.98. The number of methoxy groups -OCH3 is 2. The Morgan fingerprint density at radius 1 is 1.20 bits per heavy atom. The van der Waals surface area contributed by atoms with Crippen molar-refractivity contribution in [1.29, 1.82) is 0 Å². The number of benzene rings is 1. The van der Waals surface area contributed by atoms with Crippen LogP contribution < -0.4 is 9.47 Å². The van der Waals surface area contributed by atoms with Crippen molar-refractivity contribution >= 4 is 22.8 Å². The first-order valence-corrected chi connectivity index (χ1v) is 5.66. The molecule has 0 spiro atoms. The van der Waals surface area contributed by atoms with Gasteiger partial charge in [0.1, 0.15) is 0 Å². The van der Waals surface area contributed by atoms with Crippen LogP contribution in [0, 0.1) is 0 Å². The predicted octanol–water partition coefficient (Wildman–Crippen LogP) is 2.30. The Hall–Kier alpha value is -1.36. The lowest BCUT2D eigenvalue weighted by molar-refractivity contribution is 0.356. The number of aromatic amines is 1. The molecule has 0 saturated heterocycles. The molecular weight excluding hydrogens is 212 g/mol. The van der Waals surface area contributed by atoms with E-state index in [-0.39, 0.29) is 0 Å². The van der Waals surface area contributed by atoms with Crippen LogP contribution in [0.4, 0.5) is 0 Å². The SMILES string of the molecule is COc1cc2nc(SC)[nH]c2cc1OC. The van der Waals surface area contributed by atoms with E-state index in [4.69, 9.17) is 9.47 Å². The van der Waals surface area contributed by atoms with Gasteiger partial charge in [-0.2, -0.15) is 0 Å². The second-order valence-corrected chi connectivity index (χ2v) is 3.77. The van der Waals surface area contributed by atoms with Crippen LogP contribution in [0.5, 0.6) is 11.5 Å². The van der Waals surface area contributed by atoms with E-state index in [2.05, 4.69) is 9.97 Å². The van der Waals surface area contributed by atoms with Gasteiger partial charge >= 0.3 is 0 Å². The topological polar surface area (TPSA) is 47.1 Å². The molecule has 1 aromatic heterocycles. The standard InChI is InChI=1S/C10H12N2O2S/c1-13-8-4-6-7(5-9(8)14-2)12-10(11-6)15-3/h4-5H,1-3H3,(H,11,12). The van der Waals surface area contributed by atoms with Crippen LogP contribution in [0.1, 0.15) is 0 Å². The minimum absolute atomic E-state index is 0.698. The van der Waals surface area contributed by atoms with Crippen molar-refractivity contribution in [2.75, 3.05) is 20.5 Å².